The second kappa shape index (κ2) is 18.8. The standard InChI is InChI=1S/C42H42BrN3O5/c1-30-24-35(43)22-23-36(30)38(45-46-44)40-42(50-28-34-20-12-5-13-21-34)41(49-27-33-18-10-4-11-19-33)39(48-26-32-16-8-3-9-17-32)37(51-40)29-47-25-31-14-6-2-7-15-31/h2-24,37-42H,25-29H2,1H3/t37-,38-,39-,40-,41+,42-/m1/s1. The van der Waals surface area contributed by atoms with Gasteiger partial charge in [-0.25, -0.2) is 0 Å². The summed E-state index contributed by atoms with van der Waals surface area (Å²) in [6, 6.07) is 45.3. The van der Waals surface area contributed by atoms with Crippen LogP contribution in [0.5, 0.6) is 0 Å². The highest BCUT2D eigenvalue weighted by Crippen LogP contribution is 2.39. The maximum absolute atomic E-state index is 9.95. The third-order valence-corrected chi connectivity index (χ3v) is 9.45. The Hall–Kier alpha value is -4.31. The summed E-state index contributed by atoms with van der Waals surface area (Å²) < 4.78 is 34.8. The molecule has 1 heterocycles. The highest BCUT2D eigenvalue weighted by atomic mass is 79.9. The van der Waals surface area contributed by atoms with Gasteiger partial charge in [-0.15, -0.1) is 0 Å². The fourth-order valence-electron chi connectivity index (χ4n) is 6.41. The molecule has 0 N–H and O–H groups in total. The summed E-state index contributed by atoms with van der Waals surface area (Å²) in [7, 11) is 0. The van der Waals surface area contributed by atoms with Crippen molar-refractivity contribution in [1.82, 2.24) is 0 Å². The maximum Gasteiger partial charge on any atom is 0.115 e. The molecule has 0 saturated carbocycles. The molecule has 1 saturated heterocycles. The van der Waals surface area contributed by atoms with Gasteiger partial charge in [0.15, 0.2) is 0 Å². The number of benzene rings is 5. The average Bonchev–Trinajstić information content (AvgIpc) is 3.17. The van der Waals surface area contributed by atoms with Crippen LogP contribution in [0.1, 0.15) is 39.4 Å². The highest BCUT2D eigenvalue weighted by Gasteiger charge is 2.51. The molecular formula is C42H42BrN3O5. The number of hydrogen-bond donors (Lipinski definition) is 0. The Kier molecular flexibility index (Phi) is 13.4. The van der Waals surface area contributed by atoms with Gasteiger partial charge < -0.3 is 23.7 Å². The van der Waals surface area contributed by atoms with E-state index in [9.17, 15) is 5.53 Å². The molecule has 0 unspecified atom stereocenters. The molecule has 1 aliphatic heterocycles. The van der Waals surface area contributed by atoms with Crippen LogP contribution in [-0.4, -0.2) is 37.1 Å². The first kappa shape index (κ1) is 36.5. The number of ether oxygens (including phenoxy) is 5. The van der Waals surface area contributed by atoms with Crippen molar-refractivity contribution in [3.8, 4) is 0 Å². The van der Waals surface area contributed by atoms with Crippen LogP contribution in [0.2, 0.25) is 0 Å². The van der Waals surface area contributed by atoms with Crippen molar-refractivity contribution in [2.75, 3.05) is 6.61 Å². The zero-order valence-electron chi connectivity index (χ0n) is 28.5. The Labute approximate surface area is 308 Å². The van der Waals surface area contributed by atoms with E-state index in [0.717, 1.165) is 37.9 Å². The molecule has 262 valence electrons. The minimum atomic E-state index is -0.743. The highest BCUT2D eigenvalue weighted by molar-refractivity contribution is 9.10. The summed E-state index contributed by atoms with van der Waals surface area (Å²) in [5.74, 6) is 0. The van der Waals surface area contributed by atoms with Gasteiger partial charge in [0.1, 0.15) is 24.4 Å². The minimum absolute atomic E-state index is 0.212. The van der Waals surface area contributed by atoms with Gasteiger partial charge in [0.05, 0.1) is 45.2 Å². The smallest absolute Gasteiger partial charge is 0.115 e. The van der Waals surface area contributed by atoms with Gasteiger partial charge in [0.2, 0.25) is 0 Å². The topological polar surface area (TPSA) is 94.9 Å². The molecule has 51 heavy (non-hydrogen) atoms. The third-order valence-electron chi connectivity index (χ3n) is 8.96. The summed E-state index contributed by atoms with van der Waals surface area (Å²) in [5.41, 5.74) is 15.8. The summed E-state index contributed by atoms with van der Waals surface area (Å²) in [4.78, 5) is 3.32. The van der Waals surface area contributed by atoms with Crippen molar-refractivity contribution in [2.45, 2.75) is 69.9 Å². The number of rotatable bonds is 16. The predicted molar refractivity (Wildman–Crippen MR) is 201 cm³/mol. The first-order valence-corrected chi connectivity index (χ1v) is 17.9. The molecule has 0 aromatic heterocycles. The van der Waals surface area contributed by atoms with Crippen LogP contribution in [0.15, 0.2) is 149 Å². The summed E-state index contributed by atoms with van der Waals surface area (Å²) in [6.07, 6.45) is -3.26. The summed E-state index contributed by atoms with van der Waals surface area (Å²) in [6.45, 7) is 3.54. The van der Waals surface area contributed by atoms with Crippen molar-refractivity contribution in [2.24, 2.45) is 5.11 Å². The third kappa shape index (κ3) is 10.2. The van der Waals surface area contributed by atoms with E-state index in [0.29, 0.717) is 26.4 Å². The Balaban J connectivity index is 1.41. The van der Waals surface area contributed by atoms with E-state index in [-0.39, 0.29) is 6.61 Å². The van der Waals surface area contributed by atoms with Gasteiger partial charge in [-0.3, -0.25) is 0 Å². The van der Waals surface area contributed by atoms with Crippen LogP contribution < -0.4 is 0 Å². The predicted octanol–water partition coefficient (Wildman–Crippen LogP) is 9.85. The van der Waals surface area contributed by atoms with Gasteiger partial charge in [-0.05, 0) is 58.0 Å². The molecule has 6 atom stereocenters. The van der Waals surface area contributed by atoms with E-state index in [1.54, 1.807) is 0 Å². The average molecular weight is 749 g/mol. The molecule has 5 aromatic carbocycles. The molecule has 9 heteroatoms. The van der Waals surface area contributed by atoms with Crippen LogP contribution in [-0.2, 0) is 50.1 Å². The van der Waals surface area contributed by atoms with Crippen molar-refractivity contribution in [1.29, 1.82) is 0 Å². The summed E-state index contributed by atoms with van der Waals surface area (Å²) >= 11 is 3.58. The molecule has 1 aliphatic rings. The zero-order chi connectivity index (χ0) is 35.3. The first-order valence-electron chi connectivity index (χ1n) is 17.1. The molecule has 0 amide bonds. The lowest BCUT2D eigenvalue weighted by molar-refractivity contribution is -0.276. The normalized spacial score (nSPS) is 20.7. The second-order valence-electron chi connectivity index (χ2n) is 12.6. The first-order chi connectivity index (χ1) is 25.1. The summed E-state index contributed by atoms with van der Waals surface area (Å²) in [5, 5.41) is 4.37. The van der Waals surface area contributed by atoms with Crippen LogP contribution in [0.25, 0.3) is 10.4 Å². The monoisotopic (exact) mass is 747 g/mol. The van der Waals surface area contributed by atoms with E-state index in [2.05, 4.69) is 26.0 Å². The Bertz CT molecular complexity index is 1830. The van der Waals surface area contributed by atoms with Crippen molar-refractivity contribution >= 4 is 15.9 Å². The van der Waals surface area contributed by atoms with Crippen LogP contribution in [0.4, 0.5) is 0 Å². The van der Waals surface area contributed by atoms with Crippen molar-refractivity contribution in [3.05, 3.63) is 188 Å². The van der Waals surface area contributed by atoms with Gasteiger partial charge in [0.25, 0.3) is 0 Å². The van der Waals surface area contributed by atoms with E-state index in [4.69, 9.17) is 23.7 Å². The largest absolute Gasteiger partial charge is 0.374 e. The van der Waals surface area contributed by atoms with Gasteiger partial charge in [-0.2, -0.15) is 0 Å². The molecule has 8 nitrogen and oxygen atoms in total. The lowest BCUT2D eigenvalue weighted by Gasteiger charge is -2.48. The fraction of sp³-hybridized carbons (Fsp3) is 0.286. The minimum Gasteiger partial charge on any atom is -0.374 e. The van der Waals surface area contributed by atoms with Crippen LogP contribution in [0.3, 0.4) is 0 Å². The lowest BCUT2D eigenvalue weighted by Crippen LogP contribution is -2.62. The number of azide groups is 1. The molecule has 0 spiro atoms. The van der Waals surface area contributed by atoms with Crippen molar-refractivity contribution in [3.63, 3.8) is 0 Å². The molecule has 0 radical (unpaired) electrons. The number of hydrogen-bond acceptors (Lipinski definition) is 6. The van der Waals surface area contributed by atoms with E-state index in [1.165, 1.54) is 0 Å². The van der Waals surface area contributed by atoms with Gasteiger partial charge in [0, 0.05) is 9.38 Å². The maximum atomic E-state index is 9.95. The Morgan fingerprint density at radius 3 is 1.61 bits per heavy atom. The fourth-order valence-corrected chi connectivity index (χ4v) is 6.89. The molecular weight excluding hydrogens is 706 g/mol. The quantitative estimate of drug-likeness (QED) is 0.0569. The van der Waals surface area contributed by atoms with E-state index in [1.807, 2.05) is 146 Å². The molecule has 0 bridgehead atoms. The Morgan fingerprint density at radius 2 is 1.12 bits per heavy atom. The zero-order valence-corrected chi connectivity index (χ0v) is 30.1. The number of nitrogens with zero attached hydrogens (tertiary/aromatic N) is 3. The molecule has 5 aromatic rings. The van der Waals surface area contributed by atoms with Crippen molar-refractivity contribution < 1.29 is 23.7 Å². The van der Waals surface area contributed by atoms with Gasteiger partial charge >= 0.3 is 0 Å². The number of halogens is 1. The van der Waals surface area contributed by atoms with E-state index >= 15 is 0 Å². The molecule has 0 aliphatic carbocycles. The van der Waals surface area contributed by atoms with Crippen LogP contribution in [0, 0.1) is 6.92 Å². The number of aryl methyl sites for hydroxylation is 1. The molecule has 1 fully saturated rings. The van der Waals surface area contributed by atoms with E-state index < -0.39 is 36.6 Å². The van der Waals surface area contributed by atoms with Crippen LogP contribution >= 0.6 is 15.9 Å². The Morgan fingerprint density at radius 1 is 0.647 bits per heavy atom. The molecule has 6 rings (SSSR count). The SMILES string of the molecule is Cc1cc(Br)ccc1[C@@H](N=[N+]=[N-])[C@H]1O[C@H](COCc2ccccc2)[C@@H](OCc2ccccc2)[C@H](OCc2ccccc2)[C@@H]1OCc1ccccc1. The lowest BCUT2D eigenvalue weighted by atomic mass is 9.86. The van der Waals surface area contributed by atoms with Gasteiger partial charge in [-0.1, -0.05) is 148 Å². The second-order valence-corrected chi connectivity index (χ2v) is 13.5.